The molecule has 4 nitrogen and oxygen atoms in total. The highest BCUT2D eigenvalue weighted by Gasteiger charge is 2.56. The molecule has 0 radical (unpaired) electrons. The Bertz CT molecular complexity index is 354. The van der Waals surface area contributed by atoms with Gasteiger partial charge in [0, 0.05) is 6.92 Å². The van der Waals surface area contributed by atoms with Gasteiger partial charge in [0.2, 0.25) is 0 Å². The van der Waals surface area contributed by atoms with E-state index in [1.54, 1.807) is 0 Å². The first kappa shape index (κ1) is 17.2. The molecule has 1 aliphatic heterocycles. The van der Waals surface area contributed by atoms with Crippen LogP contribution >= 0.6 is 0 Å². The zero-order valence-corrected chi connectivity index (χ0v) is 13.6. The summed E-state index contributed by atoms with van der Waals surface area (Å²) in [6.07, 6.45) is 2.21. The van der Waals surface area contributed by atoms with Gasteiger partial charge in [-0.25, -0.2) is 0 Å². The number of likely N-dealkylation sites (N-methyl/N-ethyl adjacent to an activating group) is 1. The molecule has 1 rings (SSSR count). The van der Waals surface area contributed by atoms with Crippen molar-refractivity contribution >= 4 is 5.97 Å². The molecule has 116 valence electrons. The SMILES string of the molecule is C=C[C@@]1(NC)[C@H](OC(C)=O)[C@@H](CC(C)C)O[C@H]1C(C)C. The van der Waals surface area contributed by atoms with Crippen LogP contribution in [0.5, 0.6) is 0 Å². The van der Waals surface area contributed by atoms with Gasteiger partial charge >= 0.3 is 5.97 Å². The molecule has 1 N–H and O–H groups in total. The van der Waals surface area contributed by atoms with Crippen LogP contribution in [0.1, 0.15) is 41.0 Å². The van der Waals surface area contributed by atoms with E-state index in [1.165, 1.54) is 6.92 Å². The van der Waals surface area contributed by atoms with Crippen molar-refractivity contribution < 1.29 is 14.3 Å². The Morgan fingerprint density at radius 1 is 1.45 bits per heavy atom. The summed E-state index contributed by atoms with van der Waals surface area (Å²) in [6.45, 7) is 13.9. The van der Waals surface area contributed by atoms with E-state index in [9.17, 15) is 4.79 Å². The normalized spacial score (nSPS) is 33.7. The van der Waals surface area contributed by atoms with Crippen molar-refractivity contribution in [2.75, 3.05) is 7.05 Å². The Kier molecular flexibility index (Phi) is 5.78. The van der Waals surface area contributed by atoms with Gasteiger partial charge in [-0.05, 0) is 25.3 Å². The van der Waals surface area contributed by atoms with Crippen LogP contribution in [0.4, 0.5) is 0 Å². The Morgan fingerprint density at radius 3 is 2.40 bits per heavy atom. The van der Waals surface area contributed by atoms with Gasteiger partial charge in [-0.15, -0.1) is 6.58 Å². The highest BCUT2D eigenvalue weighted by Crippen LogP contribution is 2.40. The minimum atomic E-state index is -0.528. The Hall–Kier alpha value is -0.870. The fourth-order valence-corrected chi connectivity index (χ4v) is 3.17. The molecular weight excluding hydrogens is 254 g/mol. The van der Waals surface area contributed by atoms with E-state index in [4.69, 9.17) is 9.47 Å². The molecule has 0 saturated carbocycles. The summed E-state index contributed by atoms with van der Waals surface area (Å²) in [5.74, 6) is 0.497. The fourth-order valence-electron chi connectivity index (χ4n) is 3.17. The Balaban J connectivity index is 3.16. The standard InChI is InChI=1S/C16H29NO3/c1-8-16(17-7)14(11(4)5)20-13(9-10(2)3)15(16)19-12(6)18/h8,10-11,13-15,17H,1,9H2,2-7H3/t13-,14+,15-,16+/m1/s1. The van der Waals surface area contributed by atoms with Crippen LogP contribution in [0.3, 0.4) is 0 Å². The summed E-state index contributed by atoms with van der Waals surface area (Å²) in [7, 11) is 1.87. The number of ether oxygens (including phenoxy) is 2. The van der Waals surface area contributed by atoms with Crippen LogP contribution in [0.15, 0.2) is 12.7 Å². The molecule has 4 atom stereocenters. The minimum Gasteiger partial charge on any atom is -0.457 e. The van der Waals surface area contributed by atoms with Gasteiger partial charge in [0.1, 0.15) is 5.54 Å². The van der Waals surface area contributed by atoms with Gasteiger partial charge in [0.15, 0.2) is 6.10 Å². The molecule has 1 heterocycles. The smallest absolute Gasteiger partial charge is 0.303 e. The molecule has 1 fully saturated rings. The third kappa shape index (κ3) is 3.23. The number of carbonyl (C=O) groups is 1. The van der Waals surface area contributed by atoms with Crippen LogP contribution < -0.4 is 5.32 Å². The molecule has 1 aliphatic rings. The maximum Gasteiger partial charge on any atom is 0.303 e. The first-order valence-electron chi connectivity index (χ1n) is 7.43. The van der Waals surface area contributed by atoms with Crippen LogP contribution in [0.25, 0.3) is 0 Å². The molecule has 0 aromatic rings. The molecule has 0 aromatic carbocycles. The lowest BCUT2D eigenvalue weighted by Crippen LogP contribution is -2.59. The third-order valence-corrected chi connectivity index (χ3v) is 3.97. The lowest BCUT2D eigenvalue weighted by molar-refractivity contribution is -0.151. The molecule has 1 saturated heterocycles. The number of hydrogen-bond donors (Lipinski definition) is 1. The lowest BCUT2D eigenvalue weighted by Gasteiger charge is -2.37. The fraction of sp³-hybridized carbons (Fsp3) is 0.812. The number of nitrogens with one attached hydrogen (secondary N) is 1. The molecule has 0 aromatic heterocycles. The van der Waals surface area contributed by atoms with Crippen LogP contribution in [0, 0.1) is 11.8 Å². The lowest BCUT2D eigenvalue weighted by atomic mass is 9.80. The van der Waals surface area contributed by atoms with Crippen molar-refractivity contribution in [3.05, 3.63) is 12.7 Å². The second-order valence-electron chi connectivity index (χ2n) is 6.39. The van der Waals surface area contributed by atoms with Crippen molar-refractivity contribution in [2.45, 2.75) is 64.9 Å². The van der Waals surface area contributed by atoms with Gasteiger partial charge in [0.25, 0.3) is 0 Å². The minimum absolute atomic E-state index is 0.0573. The quantitative estimate of drug-likeness (QED) is 0.601. The number of hydrogen-bond acceptors (Lipinski definition) is 4. The van der Waals surface area contributed by atoms with Gasteiger partial charge in [-0.2, -0.15) is 0 Å². The average Bonchev–Trinajstić information content (AvgIpc) is 2.63. The number of rotatable bonds is 6. The first-order valence-corrected chi connectivity index (χ1v) is 7.43. The molecule has 0 spiro atoms. The monoisotopic (exact) mass is 283 g/mol. The van der Waals surface area contributed by atoms with E-state index in [0.29, 0.717) is 11.8 Å². The zero-order valence-electron chi connectivity index (χ0n) is 13.6. The predicted octanol–water partition coefficient (Wildman–Crippen LogP) is 2.53. The van der Waals surface area contributed by atoms with Crippen molar-refractivity contribution in [3.8, 4) is 0 Å². The van der Waals surface area contributed by atoms with Gasteiger partial charge < -0.3 is 14.8 Å². The van der Waals surface area contributed by atoms with Crippen molar-refractivity contribution in [2.24, 2.45) is 11.8 Å². The van der Waals surface area contributed by atoms with E-state index in [1.807, 2.05) is 13.1 Å². The summed E-state index contributed by atoms with van der Waals surface area (Å²) >= 11 is 0. The van der Waals surface area contributed by atoms with E-state index in [2.05, 4.69) is 39.6 Å². The highest BCUT2D eigenvalue weighted by molar-refractivity contribution is 5.66. The van der Waals surface area contributed by atoms with Crippen molar-refractivity contribution in [1.82, 2.24) is 5.32 Å². The van der Waals surface area contributed by atoms with E-state index in [-0.39, 0.29) is 24.3 Å². The third-order valence-electron chi connectivity index (χ3n) is 3.97. The number of carbonyl (C=O) groups excluding carboxylic acids is 1. The van der Waals surface area contributed by atoms with Gasteiger partial charge in [-0.1, -0.05) is 33.8 Å². The number of esters is 1. The second kappa shape index (κ2) is 6.72. The van der Waals surface area contributed by atoms with E-state index < -0.39 is 5.54 Å². The molecule has 0 amide bonds. The molecular formula is C16H29NO3. The van der Waals surface area contributed by atoms with Crippen LogP contribution in [0.2, 0.25) is 0 Å². The summed E-state index contributed by atoms with van der Waals surface area (Å²) in [6, 6.07) is 0. The van der Waals surface area contributed by atoms with E-state index in [0.717, 1.165) is 6.42 Å². The van der Waals surface area contributed by atoms with Crippen molar-refractivity contribution in [3.63, 3.8) is 0 Å². The molecule has 0 bridgehead atoms. The molecule has 0 unspecified atom stereocenters. The van der Waals surface area contributed by atoms with Gasteiger partial charge in [-0.3, -0.25) is 4.79 Å². The summed E-state index contributed by atoms with van der Waals surface area (Å²) in [5, 5.41) is 3.30. The summed E-state index contributed by atoms with van der Waals surface area (Å²) in [5.41, 5.74) is -0.528. The average molecular weight is 283 g/mol. The second-order valence-corrected chi connectivity index (χ2v) is 6.39. The van der Waals surface area contributed by atoms with Crippen molar-refractivity contribution in [1.29, 1.82) is 0 Å². The van der Waals surface area contributed by atoms with E-state index >= 15 is 0 Å². The Morgan fingerprint density at radius 2 is 2.05 bits per heavy atom. The summed E-state index contributed by atoms with van der Waals surface area (Å²) < 4.78 is 11.8. The maximum absolute atomic E-state index is 11.5. The molecule has 20 heavy (non-hydrogen) atoms. The zero-order chi connectivity index (χ0) is 15.5. The molecule has 0 aliphatic carbocycles. The first-order chi connectivity index (χ1) is 9.28. The topological polar surface area (TPSA) is 47.6 Å². The molecule has 4 heteroatoms. The van der Waals surface area contributed by atoms with Crippen LogP contribution in [-0.4, -0.2) is 36.9 Å². The summed E-state index contributed by atoms with van der Waals surface area (Å²) in [4.78, 5) is 11.5. The predicted molar refractivity (Wildman–Crippen MR) is 80.5 cm³/mol. The largest absolute Gasteiger partial charge is 0.457 e. The maximum atomic E-state index is 11.5. The van der Waals surface area contributed by atoms with Crippen LogP contribution in [-0.2, 0) is 14.3 Å². The highest BCUT2D eigenvalue weighted by atomic mass is 16.6. The Labute approximate surface area is 122 Å². The van der Waals surface area contributed by atoms with Gasteiger partial charge in [0.05, 0.1) is 12.2 Å².